The van der Waals surface area contributed by atoms with E-state index in [9.17, 15) is 8.42 Å². The van der Waals surface area contributed by atoms with E-state index in [0.29, 0.717) is 43.4 Å². The van der Waals surface area contributed by atoms with Gasteiger partial charge in [-0.2, -0.15) is 9.40 Å². The summed E-state index contributed by atoms with van der Waals surface area (Å²) in [6.45, 7) is 8.14. The van der Waals surface area contributed by atoms with E-state index in [2.05, 4.69) is 5.10 Å². The number of ether oxygens (including phenoxy) is 1. The highest BCUT2D eigenvalue weighted by molar-refractivity contribution is 7.89. The van der Waals surface area contributed by atoms with Crippen LogP contribution < -0.4 is 0 Å². The van der Waals surface area contributed by atoms with E-state index in [0.717, 1.165) is 5.56 Å². The minimum Gasteiger partial charge on any atom is -0.379 e. The largest absolute Gasteiger partial charge is 0.379 e. The van der Waals surface area contributed by atoms with Crippen molar-refractivity contribution >= 4 is 10.0 Å². The van der Waals surface area contributed by atoms with Gasteiger partial charge >= 0.3 is 0 Å². The van der Waals surface area contributed by atoms with Gasteiger partial charge in [-0.1, -0.05) is 51.1 Å². The molecule has 2 heterocycles. The standard InChI is InChI=1S/C18H25N3O3S/c1-18(2,3)17-16(25(22,23)21-9-11-24-12-10-21)14-20(19-17)13-15-7-5-4-6-8-15/h4-8,14H,9-13H2,1-3H3. The summed E-state index contributed by atoms with van der Waals surface area (Å²) in [5, 5.41) is 4.62. The molecule has 1 aliphatic heterocycles. The van der Waals surface area contributed by atoms with Crippen LogP contribution in [0.4, 0.5) is 0 Å². The molecular weight excluding hydrogens is 338 g/mol. The molecule has 1 saturated heterocycles. The second-order valence-corrected chi connectivity index (χ2v) is 9.20. The van der Waals surface area contributed by atoms with Crippen molar-refractivity contribution in [1.82, 2.24) is 14.1 Å². The lowest BCUT2D eigenvalue weighted by Gasteiger charge is -2.27. The minimum absolute atomic E-state index is 0.304. The molecule has 7 heteroatoms. The van der Waals surface area contributed by atoms with Gasteiger partial charge in [0.25, 0.3) is 0 Å². The molecule has 1 fully saturated rings. The Morgan fingerprint density at radius 2 is 1.76 bits per heavy atom. The molecule has 0 N–H and O–H groups in total. The molecule has 6 nitrogen and oxygen atoms in total. The monoisotopic (exact) mass is 363 g/mol. The third-order valence-electron chi connectivity index (χ3n) is 4.21. The van der Waals surface area contributed by atoms with Crippen LogP contribution in [0, 0.1) is 0 Å². The Bertz CT molecular complexity index is 817. The van der Waals surface area contributed by atoms with E-state index in [1.54, 1.807) is 10.9 Å². The lowest BCUT2D eigenvalue weighted by molar-refractivity contribution is 0.0730. The molecule has 0 aliphatic carbocycles. The molecule has 0 bridgehead atoms. The van der Waals surface area contributed by atoms with E-state index in [1.807, 2.05) is 51.1 Å². The first-order chi connectivity index (χ1) is 11.8. The maximum absolute atomic E-state index is 13.1. The van der Waals surface area contributed by atoms with Crippen molar-refractivity contribution < 1.29 is 13.2 Å². The van der Waals surface area contributed by atoms with Crippen molar-refractivity contribution in [2.75, 3.05) is 26.3 Å². The smallest absolute Gasteiger partial charge is 0.246 e. The molecule has 0 amide bonds. The lowest BCUT2D eigenvalue weighted by atomic mass is 9.92. The van der Waals surface area contributed by atoms with Crippen LogP contribution in [0.25, 0.3) is 0 Å². The summed E-state index contributed by atoms with van der Waals surface area (Å²) in [5.41, 5.74) is 1.33. The minimum atomic E-state index is -3.58. The van der Waals surface area contributed by atoms with Gasteiger partial charge in [0.2, 0.25) is 10.0 Å². The van der Waals surface area contributed by atoms with Crippen molar-refractivity contribution in [3.8, 4) is 0 Å². The topological polar surface area (TPSA) is 64.4 Å². The van der Waals surface area contributed by atoms with Crippen molar-refractivity contribution in [1.29, 1.82) is 0 Å². The average molecular weight is 363 g/mol. The zero-order valence-corrected chi connectivity index (χ0v) is 15.8. The van der Waals surface area contributed by atoms with Crippen LogP contribution >= 0.6 is 0 Å². The molecule has 0 saturated carbocycles. The molecule has 136 valence electrons. The number of benzene rings is 1. The van der Waals surface area contributed by atoms with Gasteiger partial charge in [-0.25, -0.2) is 8.42 Å². The summed E-state index contributed by atoms with van der Waals surface area (Å²) in [6.07, 6.45) is 1.67. The maximum atomic E-state index is 13.1. The Balaban J connectivity index is 1.99. The average Bonchev–Trinajstić information content (AvgIpc) is 3.02. The SMILES string of the molecule is CC(C)(C)c1nn(Cc2ccccc2)cc1S(=O)(=O)N1CCOCC1. The van der Waals surface area contributed by atoms with E-state index < -0.39 is 10.0 Å². The summed E-state index contributed by atoms with van der Waals surface area (Å²) in [7, 11) is -3.58. The molecule has 25 heavy (non-hydrogen) atoms. The summed E-state index contributed by atoms with van der Waals surface area (Å²) in [4.78, 5) is 0.304. The Labute approximate surface area is 149 Å². The van der Waals surface area contributed by atoms with Gasteiger partial charge in [-0.05, 0) is 5.56 Å². The Hall–Kier alpha value is -1.70. The summed E-state index contributed by atoms with van der Waals surface area (Å²) in [5.74, 6) is 0. The number of morpholine rings is 1. The highest BCUT2D eigenvalue weighted by Crippen LogP contribution is 2.30. The predicted molar refractivity (Wildman–Crippen MR) is 96.0 cm³/mol. The molecule has 1 aliphatic rings. The van der Waals surface area contributed by atoms with E-state index >= 15 is 0 Å². The van der Waals surface area contributed by atoms with Crippen LogP contribution in [0.15, 0.2) is 41.4 Å². The van der Waals surface area contributed by atoms with Crippen molar-refractivity contribution in [2.45, 2.75) is 37.6 Å². The first-order valence-corrected chi connectivity index (χ1v) is 9.92. The van der Waals surface area contributed by atoms with Gasteiger partial charge in [-0.3, -0.25) is 4.68 Å². The molecule has 1 aromatic carbocycles. The highest BCUT2D eigenvalue weighted by atomic mass is 32.2. The van der Waals surface area contributed by atoms with Gasteiger partial charge < -0.3 is 4.74 Å². The molecule has 3 rings (SSSR count). The zero-order chi connectivity index (χ0) is 18.1. The normalized spacial score (nSPS) is 16.9. The van der Waals surface area contributed by atoms with Crippen molar-refractivity contribution in [3.63, 3.8) is 0 Å². The molecular formula is C18H25N3O3S. The highest BCUT2D eigenvalue weighted by Gasteiger charge is 2.34. The first-order valence-electron chi connectivity index (χ1n) is 8.48. The molecule has 0 unspecified atom stereocenters. The third kappa shape index (κ3) is 3.94. The van der Waals surface area contributed by atoms with Gasteiger partial charge in [0.1, 0.15) is 4.90 Å². The van der Waals surface area contributed by atoms with Crippen molar-refractivity contribution in [2.24, 2.45) is 0 Å². The zero-order valence-electron chi connectivity index (χ0n) is 15.0. The van der Waals surface area contributed by atoms with Crippen LogP contribution in [0.1, 0.15) is 32.0 Å². The fourth-order valence-electron chi connectivity index (χ4n) is 2.89. The summed E-state index contributed by atoms with van der Waals surface area (Å²) in [6, 6.07) is 9.91. The molecule has 0 spiro atoms. The number of nitrogens with zero attached hydrogens (tertiary/aromatic N) is 3. The first kappa shape index (κ1) is 18.1. The van der Waals surface area contributed by atoms with Crippen LogP contribution in [0.2, 0.25) is 0 Å². The number of hydrogen-bond acceptors (Lipinski definition) is 4. The van der Waals surface area contributed by atoms with Crippen LogP contribution in [0.5, 0.6) is 0 Å². The van der Waals surface area contributed by atoms with Gasteiger partial charge in [-0.15, -0.1) is 0 Å². The second kappa shape index (κ2) is 6.90. The van der Waals surface area contributed by atoms with Gasteiger partial charge in [0.15, 0.2) is 0 Å². The van der Waals surface area contributed by atoms with E-state index in [1.165, 1.54) is 4.31 Å². The van der Waals surface area contributed by atoms with Gasteiger partial charge in [0.05, 0.1) is 25.5 Å². The molecule has 0 radical (unpaired) electrons. The van der Waals surface area contributed by atoms with Crippen LogP contribution in [0.3, 0.4) is 0 Å². The van der Waals surface area contributed by atoms with E-state index in [4.69, 9.17) is 4.74 Å². The number of aromatic nitrogens is 2. The van der Waals surface area contributed by atoms with Gasteiger partial charge in [0, 0.05) is 24.7 Å². The second-order valence-electron chi connectivity index (χ2n) is 7.29. The van der Waals surface area contributed by atoms with Crippen LogP contribution in [-0.4, -0.2) is 48.8 Å². The fourth-order valence-corrected chi connectivity index (χ4v) is 4.64. The maximum Gasteiger partial charge on any atom is 0.246 e. The third-order valence-corrected chi connectivity index (χ3v) is 6.11. The fraction of sp³-hybridized carbons (Fsp3) is 0.500. The van der Waals surface area contributed by atoms with E-state index in [-0.39, 0.29) is 5.41 Å². The number of hydrogen-bond donors (Lipinski definition) is 0. The lowest BCUT2D eigenvalue weighted by Crippen LogP contribution is -2.41. The summed E-state index contributed by atoms with van der Waals surface area (Å²) < 4.78 is 34.8. The Morgan fingerprint density at radius 1 is 1.12 bits per heavy atom. The molecule has 2 aromatic rings. The predicted octanol–water partition coefficient (Wildman–Crippen LogP) is 2.25. The Morgan fingerprint density at radius 3 is 2.36 bits per heavy atom. The summed E-state index contributed by atoms with van der Waals surface area (Å²) >= 11 is 0. The number of rotatable bonds is 4. The quantitative estimate of drug-likeness (QED) is 0.836. The van der Waals surface area contributed by atoms with Crippen LogP contribution in [-0.2, 0) is 26.7 Å². The molecule has 1 aromatic heterocycles. The molecule has 0 atom stereocenters. The van der Waals surface area contributed by atoms with Crippen molar-refractivity contribution in [3.05, 3.63) is 47.8 Å². The Kier molecular flexibility index (Phi) is 4.99. The number of sulfonamides is 1.